The van der Waals surface area contributed by atoms with Crippen LogP contribution in [0.25, 0.3) is 0 Å². The molecule has 3 heterocycles. The number of ether oxygens (including phenoxy) is 2. The van der Waals surface area contributed by atoms with Crippen LogP contribution in [0.4, 0.5) is 0 Å². The largest absolute Gasteiger partial charge is 0.487 e. The van der Waals surface area contributed by atoms with Gasteiger partial charge in [-0.25, -0.2) is 17.4 Å². The first-order valence-electron chi connectivity index (χ1n) is 9.78. The van der Waals surface area contributed by atoms with Gasteiger partial charge in [-0.15, -0.1) is 5.10 Å². The van der Waals surface area contributed by atoms with Gasteiger partial charge in [0, 0.05) is 13.1 Å². The molecule has 3 aliphatic rings. The van der Waals surface area contributed by atoms with Gasteiger partial charge >= 0.3 is 0 Å². The third-order valence-corrected chi connectivity index (χ3v) is 8.33. The highest BCUT2D eigenvalue weighted by Crippen LogP contribution is 2.37. The Morgan fingerprint density at radius 1 is 1.18 bits per heavy atom. The predicted molar refractivity (Wildman–Crippen MR) is 101 cm³/mol. The van der Waals surface area contributed by atoms with E-state index < -0.39 is 10.0 Å². The van der Waals surface area contributed by atoms with Crippen molar-refractivity contribution in [1.82, 2.24) is 19.3 Å². The van der Waals surface area contributed by atoms with Gasteiger partial charge < -0.3 is 9.47 Å². The summed E-state index contributed by atoms with van der Waals surface area (Å²) in [4.78, 5) is 0. The van der Waals surface area contributed by atoms with Crippen molar-refractivity contribution in [2.24, 2.45) is 0 Å². The fourth-order valence-corrected chi connectivity index (χ4v) is 5.85. The zero-order chi connectivity index (χ0) is 19.2. The minimum atomic E-state index is -3.11. The van der Waals surface area contributed by atoms with Gasteiger partial charge in [-0.05, 0) is 37.8 Å². The van der Waals surface area contributed by atoms with Gasteiger partial charge in [-0.3, -0.25) is 0 Å². The number of benzene rings is 1. The summed E-state index contributed by atoms with van der Waals surface area (Å²) in [5.41, 5.74) is 1.37. The lowest BCUT2D eigenvalue weighted by atomic mass is 9.91. The molecule has 8 nitrogen and oxygen atoms in total. The molecule has 1 aliphatic carbocycles. The maximum atomic E-state index is 12.5. The van der Waals surface area contributed by atoms with Gasteiger partial charge in [0.05, 0.1) is 29.7 Å². The van der Waals surface area contributed by atoms with Crippen molar-refractivity contribution in [3.63, 3.8) is 0 Å². The molecular formula is C19H24N4O4S. The van der Waals surface area contributed by atoms with Crippen molar-refractivity contribution in [2.45, 2.75) is 56.3 Å². The van der Waals surface area contributed by atoms with Gasteiger partial charge in [0.2, 0.25) is 10.0 Å². The van der Waals surface area contributed by atoms with Crippen molar-refractivity contribution < 1.29 is 17.9 Å². The van der Waals surface area contributed by atoms with E-state index in [0.717, 1.165) is 30.0 Å². The van der Waals surface area contributed by atoms with E-state index >= 15 is 0 Å². The zero-order valence-electron chi connectivity index (χ0n) is 15.7. The van der Waals surface area contributed by atoms with E-state index in [2.05, 4.69) is 10.3 Å². The van der Waals surface area contributed by atoms with Crippen molar-refractivity contribution in [3.05, 3.63) is 41.7 Å². The summed E-state index contributed by atoms with van der Waals surface area (Å²) in [6.07, 6.45) is 2.98. The fraction of sp³-hybridized carbons (Fsp3) is 0.579. The Labute approximate surface area is 164 Å². The minimum Gasteiger partial charge on any atom is -0.487 e. The molecule has 0 amide bonds. The highest BCUT2D eigenvalue weighted by molar-refractivity contribution is 7.90. The minimum absolute atomic E-state index is 0.150. The lowest BCUT2D eigenvalue weighted by Gasteiger charge is -2.43. The third kappa shape index (κ3) is 3.31. The van der Waals surface area contributed by atoms with Gasteiger partial charge in [-0.1, -0.05) is 23.4 Å². The topological polar surface area (TPSA) is 86.6 Å². The molecule has 0 unspecified atom stereocenters. The summed E-state index contributed by atoms with van der Waals surface area (Å²) in [6, 6.07) is 9.62. The summed E-state index contributed by atoms with van der Waals surface area (Å²) in [6.45, 7) is 2.43. The van der Waals surface area contributed by atoms with Gasteiger partial charge in [0.15, 0.2) is 0 Å². The van der Waals surface area contributed by atoms with E-state index in [4.69, 9.17) is 9.47 Å². The van der Waals surface area contributed by atoms with Crippen molar-refractivity contribution in [2.75, 3.05) is 13.1 Å². The molecule has 2 aliphatic heterocycles. The number of rotatable bonds is 5. The Morgan fingerprint density at radius 3 is 2.64 bits per heavy atom. The van der Waals surface area contributed by atoms with Crippen LogP contribution in [0.5, 0.6) is 5.75 Å². The van der Waals surface area contributed by atoms with E-state index in [9.17, 15) is 8.42 Å². The maximum Gasteiger partial charge on any atom is 0.216 e. The van der Waals surface area contributed by atoms with Gasteiger partial charge in [-0.2, -0.15) is 0 Å². The van der Waals surface area contributed by atoms with Crippen molar-refractivity contribution in [3.8, 4) is 5.75 Å². The number of piperidine rings is 1. The highest BCUT2D eigenvalue weighted by atomic mass is 32.2. The summed E-state index contributed by atoms with van der Waals surface area (Å²) >= 11 is 0. The Bertz CT molecular complexity index is 948. The summed E-state index contributed by atoms with van der Waals surface area (Å²) in [7, 11) is -3.11. The van der Waals surface area contributed by atoms with Crippen LogP contribution >= 0.6 is 0 Å². The van der Waals surface area contributed by atoms with Crippen LogP contribution in [0, 0.1) is 0 Å². The number of sulfonamides is 1. The molecule has 150 valence electrons. The second-order valence-electron chi connectivity index (χ2n) is 7.86. The molecule has 0 N–H and O–H groups in total. The number of hydrogen-bond donors (Lipinski definition) is 0. The number of aromatic nitrogens is 3. The standard InChI is InChI=1S/C19H24N4O4S/c24-28(25,16-6-7-16)22-10-8-19(9-11-22)14-23-18(13-27-19)17(20-21-23)12-26-15-4-2-1-3-5-15/h1-5,16H,6-14H2. The first-order chi connectivity index (χ1) is 13.6. The van der Waals surface area contributed by atoms with Crippen LogP contribution in [0.1, 0.15) is 37.1 Å². The molecule has 0 bridgehead atoms. The third-order valence-electron chi connectivity index (χ3n) is 5.93. The second-order valence-corrected chi connectivity index (χ2v) is 10.1. The summed E-state index contributed by atoms with van der Waals surface area (Å²) < 4.78 is 40.5. The number of hydrogen-bond acceptors (Lipinski definition) is 6. The molecule has 5 rings (SSSR count). The van der Waals surface area contributed by atoms with E-state index in [1.54, 1.807) is 4.31 Å². The van der Waals surface area contributed by atoms with Crippen LogP contribution in [0.3, 0.4) is 0 Å². The van der Waals surface area contributed by atoms with Gasteiger partial charge in [0.1, 0.15) is 18.1 Å². The second kappa shape index (κ2) is 6.82. The van der Waals surface area contributed by atoms with E-state index in [-0.39, 0.29) is 10.9 Å². The van der Waals surface area contributed by atoms with Crippen molar-refractivity contribution in [1.29, 1.82) is 0 Å². The van der Waals surface area contributed by atoms with Crippen LogP contribution in [0.15, 0.2) is 30.3 Å². The smallest absolute Gasteiger partial charge is 0.216 e. The van der Waals surface area contributed by atoms with Crippen LogP contribution in [-0.2, 0) is 34.5 Å². The molecule has 0 atom stereocenters. The Morgan fingerprint density at radius 2 is 1.93 bits per heavy atom. The van der Waals surface area contributed by atoms with E-state index in [1.807, 2.05) is 35.0 Å². The highest BCUT2D eigenvalue weighted by Gasteiger charge is 2.46. The maximum absolute atomic E-state index is 12.5. The molecule has 0 radical (unpaired) electrons. The monoisotopic (exact) mass is 404 g/mol. The summed E-state index contributed by atoms with van der Waals surface area (Å²) in [5, 5.41) is 8.43. The number of nitrogens with zero attached hydrogens (tertiary/aromatic N) is 4. The fourth-order valence-electron chi connectivity index (χ4n) is 4.00. The summed E-state index contributed by atoms with van der Waals surface area (Å²) in [5.74, 6) is 0.793. The molecule has 1 spiro atoms. The van der Waals surface area contributed by atoms with Gasteiger partial charge in [0.25, 0.3) is 0 Å². The van der Waals surface area contributed by atoms with Crippen LogP contribution < -0.4 is 4.74 Å². The predicted octanol–water partition coefficient (Wildman–Crippen LogP) is 1.71. The molecule has 28 heavy (non-hydrogen) atoms. The average molecular weight is 404 g/mol. The van der Waals surface area contributed by atoms with Crippen molar-refractivity contribution >= 4 is 10.0 Å². The normalized spacial score (nSPS) is 22.1. The number of para-hydroxylation sites is 1. The SMILES string of the molecule is O=S(=O)(C1CC1)N1CCC2(CC1)Cn1nnc(COc3ccccc3)c1CO2. The lowest BCUT2D eigenvalue weighted by Crippen LogP contribution is -2.52. The average Bonchev–Trinajstić information content (AvgIpc) is 3.50. The lowest BCUT2D eigenvalue weighted by molar-refractivity contribution is -0.116. The van der Waals surface area contributed by atoms with E-state index in [1.165, 1.54) is 0 Å². The van der Waals surface area contributed by atoms with E-state index in [0.29, 0.717) is 45.7 Å². The first kappa shape index (κ1) is 18.1. The first-order valence-corrected chi connectivity index (χ1v) is 11.3. The Balaban J connectivity index is 1.23. The molecule has 1 saturated carbocycles. The molecule has 1 aromatic heterocycles. The Kier molecular flexibility index (Phi) is 4.41. The quantitative estimate of drug-likeness (QED) is 0.754. The molecule has 1 saturated heterocycles. The molecular weight excluding hydrogens is 380 g/mol. The molecule has 1 aromatic carbocycles. The van der Waals surface area contributed by atoms with Crippen LogP contribution in [0.2, 0.25) is 0 Å². The zero-order valence-corrected chi connectivity index (χ0v) is 16.5. The Hall–Kier alpha value is -1.97. The number of fused-ring (bicyclic) bond motifs is 1. The molecule has 2 aromatic rings. The molecule has 9 heteroatoms. The van der Waals surface area contributed by atoms with Crippen LogP contribution in [-0.4, -0.2) is 51.7 Å². The molecule has 2 fully saturated rings.